The molecule has 0 aliphatic rings. The van der Waals surface area contributed by atoms with Crippen molar-refractivity contribution in [3.05, 3.63) is 35.0 Å². The molecule has 0 unspecified atom stereocenters. The van der Waals surface area contributed by atoms with Crippen LogP contribution in [0.4, 0.5) is 5.13 Å². The Bertz CT molecular complexity index is 966. The van der Waals surface area contributed by atoms with Crippen molar-refractivity contribution < 1.29 is 9.53 Å². The van der Waals surface area contributed by atoms with Crippen molar-refractivity contribution in [3.8, 4) is 17.0 Å². The zero-order valence-corrected chi connectivity index (χ0v) is 18.7. The van der Waals surface area contributed by atoms with Crippen molar-refractivity contribution in [3.63, 3.8) is 0 Å². The number of carbonyl (C=O) groups excluding carboxylic acids is 1. The summed E-state index contributed by atoms with van der Waals surface area (Å²) in [5, 5.41) is 12.6. The smallest absolute Gasteiger partial charge is 0.236 e. The van der Waals surface area contributed by atoms with E-state index in [0.717, 1.165) is 52.1 Å². The lowest BCUT2D eigenvalue weighted by atomic mass is 10.1. The van der Waals surface area contributed by atoms with Gasteiger partial charge in [0.15, 0.2) is 10.3 Å². The van der Waals surface area contributed by atoms with Gasteiger partial charge in [-0.2, -0.15) is 0 Å². The van der Waals surface area contributed by atoms with Crippen molar-refractivity contribution >= 4 is 34.1 Å². The Morgan fingerprint density at radius 3 is 2.72 bits per heavy atom. The van der Waals surface area contributed by atoms with Crippen LogP contribution in [-0.4, -0.2) is 38.5 Å². The summed E-state index contributed by atoms with van der Waals surface area (Å²) in [4.78, 5) is 18.0. The molecule has 0 atom stereocenters. The molecule has 0 saturated carbocycles. The molecular weight excluding hydrogens is 406 g/mol. The maximum atomic E-state index is 12.4. The van der Waals surface area contributed by atoms with Gasteiger partial charge in [0.25, 0.3) is 0 Å². The second kappa shape index (κ2) is 9.89. The van der Waals surface area contributed by atoms with Gasteiger partial charge in [0.2, 0.25) is 5.91 Å². The second-order valence-corrected chi connectivity index (χ2v) is 8.70. The number of aromatic nitrogens is 4. The largest absolute Gasteiger partial charge is 0.497 e. The third-order valence-electron chi connectivity index (χ3n) is 4.42. The van der Waals surface area contributed by atoms with E-state index in [0.29, 0.717) is 5.13 Å². The average molecular weight is 432 g/mol. The number of amides is 1. The van der Waals surface area contributed by atoms with Crippen LogP contribution < -0.4 is 10.1 Å². The van der Waals surface area contributed by atoms with Crippen LogP contribution in [0, 0.1) is 6.92 Å². The van der Waals surface area contributed by atoms with Gasteiger partial charge < -0.3 is 14.6 Å². The summed E-state index contributed by atoms with van der Waals surface area (Å²) < 4.78 is 7.16. The number of hydrogen-bond donors (Lipinski definition) is 1. The van der Waals surface area contributed by atoms with Gasteiger partial charge in [-0.15, -0.1) is 21.5 Å². The summed E-state index contributed by atoms with van der Waals surface area (Å²) >= 11 is 2.85. The molecule has 29 heavy (non-hydrogen) atoms. The first-order valence-corrected chi connectivity index (χ1v) is 11.2. The van der Waals surface area contributed by atoms with Crippen LogP contribution >= 0.6 is 23.1 Å². The number of nitrogens with zero attached hydrogens (tertiary/aromatic N) is 4. The summed E-state index contributed by atoms with van der Waals surface area (Å²) in [6, 6.07) is 7.73. The number of aryl methyl sites for hydroxylation is 2. The van der Waals surface area contributed by atoms with E-state index in [1.165, 1.54) is 23.1 Å². The fourth-order valence-electron chi connectivity index (χ4n) is 2.78. The third kappa shape index (κ3) is 5.36. The van der Waals surface area contributed by atoms with Crippen LogP contribution in [0.2, 0.25) is 0 Å². The van der Waals surface area contributed by atoms with E-state index in [2.05, 4.69) is 27.4 Å². The van der Waals surface area contributed by atoms with Crippen molar-refractivity contribution in [1.29, 1.82) is 0 Å². The maximum Gasteiger partial charge on any atom is 0.236 e. The minimum atomic E-state index is -0.108. The van der Waals surface area contributed by atoms with E-state index in [-0.39, 0.29) is 11.7 Å². The Kier molecular flexibility index (Phi) is 7.27. The van der Waals surface area contributed by atoms with Crippen LogP contribution in [0.5, 0.6) is 5.75 Å². The van der Waals surface area contributed by atoms with Crippen molar-refractivity contribution in [2.24, 2.45) is 7.05 Å². The highest BCUT2D eigenvalue weighted by atomic mass is 32.2. The molecule has 1 aromatic carbocycles. The van der Waals surface area contributed by atoms with E-state index in [4.69, 9.17) is 4.74 Å². The van der Waals surface area contributed by atoms with Gasteiger partial charge in [-0.25, -0.2) is 4.98 Å². The quantitative estimate of drug-likeness (QED) is 0.508. The zero-order chi connectivity index (χ0) is 20.8. The number of thioether (sulfide) groups is 1. The number of nitrogens with one attached hydrogen (secondary N) is 1. The molecule has 0 aliphatic heterocycles. The predicted molar refractivity (Wildman–Crippen MR) is 118 cm³/mol. The van der Waals surface area contributed by atoms with Gasteiger partial charge in [0.05, 0.1) is 18.6 Å². The molecule has 0 fully saturated rings. The van der Waals surface area contributed by atoms with Crippen LogP contribution in [0.1, 0.15) is 30.5 Å². The summed E-state index contributed by atoms with van der Waals surface area (Å²) in [5.41, 5.74) is 1.86. The number of thiazole rings is 1. The standard InChI is InChI=1S/C20H25N5O2S2/c1-5-6-7-16-23-24-20(25(16)3)28-12-17(26)21-19-22-18(13(2)29-19)14-8-10-15(27-4)11-9-14/h8-11H,5-7,12H2,1-4H3,(H,21,22,26). The number of unbranched alkanes of at least 4 members (excludes halogenated alkanes) is 1. The SMILES string of the molecule is CCCCc1nnc(SCC(=O)Nc2nc(-c3ccc(OC)cc3)c(C)s2)n1C. The summed E-state index contributed by atoms with van der Waals surface area (Å²) in [6.07, 6.45) is 3.10. The number of carbonyl (C=O) groups is 1. The Morgan fingerprint density at radius 1 is 1.28 bits per heavy atom. The lowest BCUT2D eigenvalue weighted by molar-refractivity contribution is -0.113. The normalized spacial score (nSPS) is 10.9. The van der Waals surface area contributed by atoms with Gasteiger partial charge in [-0.05, 0) is 37.6 Å². The summed E-state index contributed by atoms with van der Waals surface area (Å²) in [5.74, 6) is 1.90. The fraction of sp³-hybridized carbons (Fsp3) is 0.400. The van der Waals surface area contributed by atoms with Crippen molar-refractivity contribution in [2.45, 2.75) is 38.3 Å². The Balaban J connectivity index is 1.59. The predicted octanol–water partition coefficient (Wildman–Crippen LogP) is 4.33. The molecule has 2 aromatic heterocycles. The molecule has 0 saturated heterocycles. The van der Waals surface area contributed by atoms with Gasteiger partial charge in [0.1, 0.15) is 11.6 Å². The Hall–Kier alpha value is -2.39. The van der Waals surface area contributed by atoms with Crippen molar-refractivity contribution in [1.82, 2.24) is 19.7 Å². The Morgan fingerprint density at radius 2 is 2.03 bits per heavy atom. The highest BCUT2D eigenvalue weighted by molar-refractivity contribution is 7.99. The molecule has 154 valence electrons. The number of methoxy groups -OCH3 is 1. The first-order chi connectivity index (χ1) is 14.0. The van der Waals surface area contributed by atoms with Crippen LogP contribution in [0.3, 0.4) is 0 Å². The third-order valence-corrected chi connectivity index (χ3v) is 6.32. The molecule has 1 N–H and O–H groups in total. The molecule has 9 heteroatoms. The molecule has 2 heterocycles. The molecule has 0 aliphatic carbocycles. The first kappa shape index (κ1) is 21.3. The van der Waals surface area contributed by atoms with Gasteiger partial charge in [-0.1, -0.05) is 25.1 Å². The first-order valence-electron chi connectivity index (χ1n) is 9.44. The molecule has 3 aromatic rings. The molecule has 0 spiro atoms. The molecule has 1 amide bonds. The highest BCUT2D eigenvalue weighted by Gasteiger charge is 2.14. The minimum Gasteiger partial charge on any atom is -0.497 e. The van der Waals surface area contributed by atoms with Gasteiger partial charge in [-0.3, -0.25) is 4.79 Å². The zero-order valence-electron chi connectivity index (χ0n) is 17.1. The number of anilines is 1. The Labute approximate surface area is 178 Å². The second-order valence-electron chi connectivity index (χ2n) is 6.55. The monoisotopic (exact) mass is 431 g/mol. The lowest BCUT2D eigenvalue weighted by Gasteiger charge is -2.04. The molecule has 0 bridgehead atoms. The number of benzene rings is 1. The van der Waals surface area contributed by atoms with Crippen molar-refractivity contribution in [2.75, 3.05) is 18.2 Å². The van der Waals surface area contributed by atoms with E-state index in [1.807, 2.05) is 42.8 Å². The molecule has 7 nitrogen and oxygen atoms in total. The molecule has 3 rings (SSSR count). The van der Waals surface area contributed by atoms with Gasteiger partial charge >= 0.3 is 0 Å². The van der Waals surface area contributed by atoms with E-state index in [9.17, 15) is 4.79 Å². The fourth-order valence-corrected chi connectivity index (χ4v) is 4.36. The maximum absolute atomic E-state index is 12.4. The highest BCUT2D eigenvalue weighted by Crippen LogP contribution is 2.31. The minimum absolute atomic E-state index is 0.108. The number of ether oxygens (including phenoxy) is 1. The summed E-state index contributed by atoms with van der Waals surface area (Å²) in [6.45, 7) is 4.15. The topological polar surface area (TPSA) is 81.9 Å². The summed E-state index contributed by atoms with van der Waals surface area (Å²) in [7, 11) is 3.58. The van der Waals surface area contributed by atoms with Gasteiger partial charge in [0, 0.05) is 23.9 Å². The lowest BCUT2D eigenvalue weighted by Crippen LogP contribution is -2.14. The number of hydrogen-bond acceptors (Lipinski definition) is 7. The number of rotatable bonds is 9. The average Bonchev–Trinajstić information content (AvgIpc) is 3.26. The van der Waals surface area contributed by atoms with E-state index < -0.39 is 0 Å². The van der Waals surface area contributed by atoms with E-state index >= 15 is 0 Å². The van der Waals surface area contributed by atoms with E-state index in [1.54, 1.807) is 7.11 Å². The molecule has 0 radical (unpaired) electrons. The van der Waals surface area contributed by atoms with Crippen LogP contribution in [0.15, 0.2) is 29.4 Å². The van der Waals surface area contributed by atoms with Crippen LogP contribution in [-0.2, 0) is 18.3 Å². The van der Waals surface area contributed by atoms with Crippen LogP contribution in [0.25, 0.3) is 11.3 Å². The molecular formula is C20H25N5O2S2.